The van der Waals surface area contributed by atoms with Crippen molar-refractivity contribution in [3.8, 4) is 11.5 Å². The number of carbonyl (C=O) groups is 1. The number of aliphatic imine (C=N–C) groups is 1. The Balaban J connectivity index is 1.83. The molecule has 2 atom stereocenters. The average molecular weight is 375 g/mol. The Bertz CT molecular complexity index is 911. The van der Waals surface area contributed by atoms with Crippen LogP contribution in [0.4, 0.5) is 5.69 Å². The molecular weight excluding hydrogens is 360 g/mol. The number of carbonyl (C=O) groups excluding carboxylic acids is 1. The smallest absolute Gasteiger partial charge is 0.311 e. The number of nitrogens with zero attached hydrogens (tertiary/aromatic N) is 2. The third kappa shape index (κ3) is 3.92. The van der Waals surface area contributed by atoms with Gasteiger partial charge in [-0.1, -0.05) is 23.7 Å². The number of nitro benzene ring substituents is 1. The Morgan fingerprint density at radius 1 is 1.27 bits per heavy atom. The molecule has 134 valence electrons. The predicted octanol–water partition coefficient (Wildman–Crippen LogP) is 2.94. The summed E-state index contributed by atoms with van der Waals surface area (Å²) in [6, 6.07) is 11.2. The molecule has 9 heteroatoms. The summed E-state index contributed by atoms with van der Waals surface area (Å²) in [5.41, 5.74) is 10.9. The maximum absolute atomic E-state index is 11.8. The summed E-state index contributed by atoms with van der Waals surface area (Å²) in [6.45, 7) is 0. The number of ether oxygens (including phenoxy) is 1. The fraction of sp³-hybridized carbons (Fsp3) is 0.176. The Kier molecular flexibility index (Phi) is 4.77. The third-order valence-electron chi connectivity index (χ3n) is 3.98. The number of amides is 1. The minimum Gasteiger partial charge on any atom is -0.450 e. The van der Waals surface area contributed by atoms with Crippen LogP contribution in [0.2, 0.25) is 5.02 Å². The van der Waals surface area contributed by atoms with Gasteiger partial charge >= 0.3 is 5.69 Å². The first-order valence-corrected chi connectivity index (χ1v) is 8.08. The van der Waals surface area contributed by atoms with Gasteiger partial charge in [0.2, 0.25) is 5.75 Å². The molecule has 0 radical (unpaired) electrons. The molecule has 2 aromatic carbocycles. The van der Waals surface area contributed by atoms with Crippen LogP contribution >= 0.6 is 11.6 Å². The summed E-state index contributed by atoms with van der Waals surface area (Å²) in [7, 11) is 0. The van der Waals surface area contributed by atoms with Crippen LogP contribution in [0.1, 0.15) is 17.9 Å². The van der Waals surface area contributed by atoms with Crippen LogP contribution in [0.5, 0.6) is 11.5 Å². The van der Waals surface area contributed by atoms with E-state index in [9.17, 15) is 14.9 Å². The van der Waals surface area contributed by atoms with Gasteiger partial charge in [0, 0.05) is 17.0 Å². The van der Waals surface area contributed by atoms with E-state index in [0.29, 0.717) is 22.8 Å². The molecule has 1 aliphatic carbocycles. The number of nitro groups is 1. The molecule has 0 heterocycles. The number of halogens is 1. The van der Waals surface area contributed by atoms with Gasteiger partial charge in [-0.25, -0.2) is 0 Å². The van der Waals surface area contributed by atoms with Crippen molar-refractivity contribution in [2.75, 3.05) is 0 Å². The lowest BCUT2D eigenvalue weighted by Gasteiger charge is -2.08. The van der Waals surface area contributed by atoms with E-state index >= 15 is 0 Å². The highest BCUT2D eigenvalue weighted by Crippen LogP contribution is 2.49. The second-order valence-electron chi connectivity index (χ2n) is 5.87. The van der Waals surface area contributed by atoms with E-state index in [1.807, 2.05) is 0 Å². The van der Waals surface area contributed by atoms with Gasteiger partial charge in [0.1, 0.15) is 5.75 Å². The highest BCUT2D eigenvalue weighted by Gasteiger charge is 2.44. The number of hydrogen-bond donors (Lipinski definition) is 2. The maximum Gasteiger partial charge on any atom is 0.311 e. The fourth-order valence-electron chi connectivity index (χ4n) is 2.70. The van der Waals surface area contributed by atoms with E-state index in [2.05, 4.69) is 4.99 Å². The van der Waals surface area contributed by atoms with Crippen LogP contribution in [0.3, 0.4) is 0 Å². The van der Waals surface area contributed by atoms with Crippen LogP contribution in [0.25, 0.3) is 0 Å². The van der Waals surface area contributed by atoms with Crippen LogP contribution in [-0.2, 0) is 4.79 Å². The number of nitrogens with two attached hydrogens (primary N) is 2. The molecule has 0 spiro atoms. The number of guanidine groups is 1. The maximum atomic E-state index is 11.8. The first-order chi connectivity index (χ1) is 12.3. The molecule has 0 aliphatic heterocycles. The molecule has 1 aliphatic rings. The highest BCUT2D eigenvalue weighted by atomic mass is 35.5. The zero-order valence-corrected chi connectivity index (χ0v) is 14.2. The standard InChI is InChI=1S/C17H15ClN4O4/c18-10-2-1-3-11(7-10)26-15-5-4-9(6-14(15)22(24)25)12-8-13(12)16(23)21-17(19)20/h1-7,12-13H,8H2,(H4,19,20,21,23). The summed E-state index contributed by atoms with van der Waals surface area (Å²) in [5, 5.41) is 11.9. The Labute approximate surface area is 153 Å². The molecular formula is C17H15ClN4O4. The first kappa shape index (κ1) is 17.7. The molecule has 0 aromatic heterocycles. The summed E-state index contributed by atoms with van der Waals surface area (Å²) >= 11 is 5.90. The molecule has 1 fully saturated rings. The van der Waals surface area contributed by atoms with Gasteiger partial charge in [0.05, 0.1) is 4.92 Å². The van der Waals surface area contributed by atoms with Crippen molar-refractivity contribution < 1.29 is 14.5 Å². The van der Waals surface area contributed by atoms with Gasteiger partial charge in [-0.3, -0.25) is 14.9 Å². The lowest BCUT2D eigenvalue weighted by Crippen LogP contribution is -2.24. The minimum absolute atomic E-state index is 0.0915. The third-order valence-corrected chi connectivity index (χ3v) is 4.21. The lowest BCUT2D eigenvalue weighted by molar-refractivity contribution is -0.385. The Morgan fingerprint density at radius 3 is 2.69 bits per heavy atom. The molecule has 26 heavy (non-hydrogen) atoms. The van der Waals surface area contributed by atoms with Crippen molar-refractivity contribution >= 4 is 29.2 Å². The number of benzene rings is 2. The van der Waals surface area contributed by atoms with Gasteiger partial charge in [0.15, 0.2) is 5.96 Å². The SMILES string of the molecule is NC(N)=NC(=O)C1CC1c1ccc(Oc2cccc(Cl)c2)c([N+](=O)[O-])c1. The second kappa shape index (κ2) is 7.01. The lowest BCUT2D eigenvalue weighted by atomic mass is 10.1. The largest absolute Gasteiger partial charge is 0.450 e. The van der Waals surface area contributed by atoms with E-state index in [1.54, 1.807) is 30.3 Å². The molecule has 1 amide bonds. The van der Waals surface area contributed by atoms with E-state index in [4.69, 9.17) is 27.8 Å². The van der Waals surface area contributed by atoms with E-state index < -0.39 is 10.8 Å². The van der Waals surface area contributed by atoms with Crippen LogP contribution in [0.15, 0.2) is 47.5 Å². The molecule has 0 saturated heterocycles. The van der Waals surface area contributed by atoms with Gasteiger partial charge in [0.25, 0.3) is 5.91 Å². The number of hydrogen-bond acceptors (Lipinski definition) is 4. The topological polar surface area (TPSA) is 134 Å². The van der Waals surface area contributed by atoms with Gasteiger partial charge in [-0.15, -0.1) is 0 Å². The zero-order valence-electron chi connectivity index (χ0n) is 13.5. The van der Waals surface area contributed by atoms with Crippen molar-refractivity contribution in [1.29, 1.82) is 0 Å². The molecule has 2 aromatic rings. The van der Waals surface area contributed by atoms with E-state index in [0.717, 1.165) is 0 Å². The van der Waals surface area contributed by atoms with Crippen LogP contribution in [-0.4, -0.2) is 16.8 Å². The zero-order chi connectivity index (χ0) is 18.8. The summed E-state index contributed by atoms with van der Waals surface area (Å²) in [6.07, 6.45) is 0.543. The van der Waals surface area contributed by atoms with Gasteiger partial charge < -0.3 is 16.2 Å². The summed E-state index contributed by atoms with van der Waals surface area (Å²) in [4.78, 5) is 26.2. The minimum atomic E-state index is -0.529. The fourth-order valence-corrected chi connectivity index (χ4v) is 2.88. The predicted molar refractivity (Wildman–Crippen MR) is 96.3 cm³/mol. The molecule has 2 unspecified atom stereocenters. The van der Waals surface area contributed by atoms with Crippen molar-refractivity contribution in [2.24, 2.45) is 22.4 Å². The monoisotopic (exact) mass is 374 g/mol. The van der Waals surface area contributed by atoms with Gasteiger partial charge in [-0.2, -0.15) is 4.99 Å². The summed E-state index contributed by atoms with van der Waals surface area (Å²) in [5.74, 6) is -0.746. The average Bonchev–Trinajstić information content (AvgIpc) is 3.35. The molecule has 8 nitrogen and oxygen atoms in total. The molecule has 3 rings (SSSR count). The van der Waals surface area contributed by atoms with E-state index in [-0.39, 0.29) is 29.2 Å². The highest BCUT2D eigenvalue weighted by molar-refractivity contribution is 6.30. The van der Waals surface area contributed by atoms with E-state index in [1.165, 1.54) is 12.1 Å². The first-order valence-electron chi connectivity index (χ1n) is 7.70. The van der Waals surface area contributed by atoms with Crippen LogP contribution in [0, 0.1) is 16.0 Å². The van der Waals surface area contributed by atoms with Crippen molar-refractivity contribution in [3.63, 3.8) is 0 Å². The molecule has 1 saturated carbocycles. The Hall–Kier alpha value is -3.13. The second-order valence-corrected chi connectivity index (χ2v) is 6.30. The van der Waals surface area contributed by atoms with Crippen molar-refractivity contribution in [3.05, 3.63) is 63.2 Å². The van der Waals surface area contributed by atoms with Crippen molar-refractivity contribution in [2.45, 2.75) is 12.3 Å². The van der Waals surface area contributed by atoms with Crippen LogP contribution < -0.4 is 16.2 Å². The quantitative estimate of drug-likeness (QED) is 0.357. The van der Waals surface area contributed by atoms with Crippen molar-refractivity contribution in [1.82, 2.24) is 0 Å². The number of rotatable bonds is 5. The molecule has 4 N–H and O–H groups in total. The summed E-state index contributed by atoms with van der Waals surface area (Å²) < 4.78 is 5.59. The van der Waals surface area contributed by atoms with Gasteiger partial charge in [-0.05, 0) is 42.2 Å². The Morgan fingerprint density at radius 2 is 2.04 bits per heavy atom. The normalized spacial score (nSPS) is 18.0. The molecule has 0 bridgehead atoms.